The van der Waals surface area contributed by atoms with Gasteiger partial charge in [0.25, 0.3) is 23.6 Å². The number of benzene rings is 4. The molecule has 4 amide bonds. The molecule has 0 bridgehead atoms. The van der Waals surface area contributed by atoms with Crippen molar-refractivity contribution >= 4 is 46.9 Å². The molecule has 6 rings (SSSR count). The monoisotopic (exact) mass is 620 g/mol. The first-order chi connectivity index (χ1) is 21.9. The first-order valence-electron chi connectivity index (χ1n) is 13.4. The van der Waals surface area contributed by atoms with E-state index in [9.17, 15) is 49.2 Å². The van der Waals surface area contributed by atoms with Gasteiger partial charge in [-0.25, -0.2) is 19.4 Å². The Bertz CT molecular complexity index is 1960. The van der Waals surface area contributed by atoms with Crippen LogP contribution in [0, 0.1) is 0 Å². The first kappa shape index (κ1) is 29.4. The number of hydrogen-bond donors (Lipinski definition) is 4. The van der Waals surface area contributed by atoms with Crippen LogP contribution in [0.2, 0.25) is 0 Å². The van der Waals surface area contributed by atoms with Crippen molar-refractivity contribution in [1.82, 2.24) is 9.80 Å². The minimum atomic E-state index is -2.58. The summed E-state index contributed by atoms with van der Waals surface area (Å²) >= 11 is 0. The summed E-state index contributed by atoms with van der Waals surface area (Å²) in [6.45, 7) is 1.11. The highest BCUT2D eigenvalue weighted by Crippen LogP contribution is 2.49. The van der Waals surface area contributed by atoms with Gasteiger partial charge < -0.3 is 20.4 Å². The number of aromatic carboxylic acids is 2. The number of imide groups is 2. The summed E-state index contributed by atoms with van der Waals surface area (Å²) in [7, 11) is 0. The summed E-state index contributed by atoms with van der Waals surface area (Å²) < 4.78 is 0. The fourth-order valence-corrected chi connectivity index (χ4v) is 5.72. The molecule has 0 atom stereocenters. The lowest BCUT2D eigenvalue weighted by Gasteiger charge is -2.44. The van der Waals surface area contributed by atoms with Crippen LogP contribution in [-0.4, -0.2) is 65.8 Å². The Morgan fingerprint density at radius 2 is 1.09 bits per heavy atom. The number of azo groups is 1. The van der Waals surface area contributed by atoms with Crippen molar-refractivity contribution in [2.45, 2.75) is 12.6 Å². The number of carbonyl (C=O) groups excluding carboxylic acids is 4. The fourth-order valence-electron chi connectivity index (χ4n) is 5.72. The SMILES string of the molecule is CC(c1c(N=Nc2ccc(O)c(C(=O)O)c2)ccc(O)c1C(=O)O)(N1C(=O)c2ccccc2C1=O)N1C(=O)c2ccccc2C1=O. The van der Waals surface area contributed by atoms with E-state index in [2.05, 4.69) is 10.2 Å². The van der Waals surface area contributed by atoms with Crippen molar-refractivity contribution in [2.24, 2.45) is 10.2 Å². The van der Waals surface area contributed by atoms with Gasteiger partial charge in [-0.2, -0.15) is 10.2 Å². The zero-order valence-corrected chi connectivity index (χ0v) is 23.5. The summed E-state index contributed by atoms with van der Waals surface area (Å²) in [5.41, 5.74) is -5.47. The Morgan fingerprint density at radius 3 is 1.52 bits per heavy atom. The number of aromatic hydroxyl groups is 2. The highest BCUT2D eigenvalue weighted by Gasteiger charge is 2.59. The molecule has 14 heteroatoms. The highest BCUT2D eigenvalue weighted by molar-refractivity contribution is 6.25. The summed E-state index contributed by atoms with van der Waals surface area (Å²) in [6, 6.07) is 16.6. The quantitative estimate of drug-likeness (QED) is 0.165. The van der Waals surface area contributed by atoms with Crippen molar-refractivity contribution in [3.63, 3.8) is 0 Å². The number of carboxylic acids is 2. The maximum atomic E-state index is 14.0. The molecule has 46 heavy (non-hydrogen) atoms. The van der Waals surface area contributed by atoms with Crippen LogP contribution in [0.5, 0.6) is 11.5 Å². The van der Waals surface area contributed by atoms with Gasteiger partial charge in [0.2, 0.25) is 0 Å². The van der Waals surface area contributed by atoms with Gasteiger partial charge in [0.05, 0.1) is 33.6 Å². The molecule has 2 aliphatic rings. The van der Waals surface area contributed by atoms with E-state index in [1.807, 2.05) is 0 Å². The van der Waals surface area contributed by atoms with E-state index in [0.29, 0.717) is 9.80 Å². The second-order valence-electron chi connectivity index (χ2n) is 10.4. The van der Waals surface area contributed by atoms with Crippen LogP contribution in [0.1, 0.15) is 74.6 Å². The van der Waals surface area contributed by atoms with Gasteiger partial charge >= 0.3 is 11.9 Å². The average Bonchev–Trinajstić information content (AvgIpc) is 3.45. The van der Waals surface area contributed by atoms with E-state index in [0.717, 1.165) is 31.2 Å². The summed E-state index contributed by atoms with van der Waals surface area (Å²) in [5.74, 6) is -8.51. The molecule has 228 valence electrons. The molecular formula is C32H20N4O10. The number of nitrogens with zero attached hydrogens (tertiary/aromatic N) is 4. The Morgan fingerprint density at radius 1 is 0.630 bits per heavy atom. The van der Waals surface area contributed by atoms with E-state index in [1.165, 1.54) is 54.6 Å². The van der Waals surface area contributed by atoms with E-state index in [4.69, 9.17) is 0 Å². The lowest BCUT2D eigenvalue weighted by Crippen LogP contribution is -2.60. The van der Waals surface area contributed by atoms with Crippen molar-refractivity contribution in [2.75, 3.05) is 0 Å². The van der Waals surface area contributed by atoms with Crippen LogP contribution in [0.25, 0.3) is 0 Å². The van der Waals surface area contributed by atoms with E-state index >= 15 is 0 Å². The van der Waals surface area contributed by atoms with Gasteiger partial charge in [-0.15, -0.1) is 0 Å². The topological polar surface area (TPSA) is 215 Å². The lowest BCUT2D eigenvalue weighted by atomic mass is 9.89. The zero-order valence-electron chi connectivity index (χ0n) is 23.5. The van der Waals surface area contributed by atoms with Crippen molar-refractivity contribution in [3.05, 3.63) is 118 Å². The molecule has 2 heterocycles. The predicted molar refractivity (Wildman–Crippen MR) is 156 cm³/mol. The smallest absolute Gasteiger partial charge is 0.340 e. The van der Waals surface area contributed by atoms with Gasteiger partial charge in [0.1, 0.15) is 22.6 Å². The first-order valence-corrected chi connectivity index (χ1v) is 13.4. The van der Waals surface area contributed by atoms with E-state index in [-0.39, 0.29) is 27.9 Å². The maximum Gasteiger partial charge on any atom is 0.340 e. The molecule has 0 aromatic heterocycles. The van der Waals surface area contributed by atoms with Crippen molar-refractivity contribution in [1.29, 1.82) is 0 Å². The molecule has 14 nitrogen and oxygen atoms in total. The summed E-state index contributed by atoms with van der Waals surface area (Å²) in [6.07, 6.45) is 0. The van der Waals surface area contributed by atoms with Crippen LogP contribution in [0.15, 0.2) is 89.1 Å². The van der Waals surface area contributed by atoms with Gasteiger partial charge in [0.15, 0.2) is 5.66 Å². The molecule has 4 aromatic rings. The third-order valence-corrected chi connectivity index (χ3v) is 7.79. The van der Waals surface area contributed by atoms with Gasteiger partial charge in [-0.05, 0) is 61.5 Å². The predicted octanol–water partition coefficient (Wildman–Crippen LogP) is 4.67. The van der Waals surface area contributed by atoms with Crippen LogP contribution in [0.3, 0.4) is 0 Å². The number of rotatable bonds is 7. The van der Waals surface area contributed by atoms with E-state index in [1.54, 1.807) is 0 Å². The third kappa shape index (κ3) is 4.19. The molecule has 2 aliphatic heterocycles. The minimum absolute atomic E-state index is 0.0826. The number of carboxylic acid groups (broad SMARTS) is 2. The number of amides is 4. The van der Waals surface area contributed by atoms with Crippen LogP contribution < -0.4 is 0 Å². The number of hydrogen-bond acceptors (Lipinski definition) is 10. The Balaban J connectivity index is 1.66. The normalized spacial score (nSPS) is 14.3. The number of carbonyl (C=O) groups is 6. The molecule has 4 N–H and O–H groups in total. The maximum absolute atomic E-state index is 14.0. The average molecular weight is 621 g/mol. The summed E-state index contributed by atoms with van der Waals surface area (Å²) in [5, 5.41) is 48.5. The molecule has 0 saturated heterocycles. The van der Waals surface area contributed by atoms with Gasteiger partial charge in [-0.1, -0.05) is 24.3 Å². The molecular weight excluding hydrogens is 600 g/mol. The Labute approximate surface area is 258 Å². The fraction of sp³-hybridized carbons (Fsp3) is 0.0625. The van der Waals surface area contributed by atoms with E-state index < -0.39 is 75.1 Å². The minimum Gasteiger partial charge on any atom is -0.507 e. The molecule has 0 fully saturated rings. The second-order valence-corrected chi connectivity index (χ2v) is 10.4. The zero-order chi connectivity index (χ0) is 33.1. The van der Waals surface area contributed by atoms with Crippen LogP contribution >= 0.6 is 0 Å². The number of fused-ring (bicyclic) bond motifs is 2. The Kier molecular flexibility index (Phi) is 6.69. The van der Waals surface area contributed by atoms with Crippen LogP contribution in [-0.2, 0) is 5.66 Å². The lowest BCUT2D eigenvalue weighted by molar-refractivity contribution is -0.00529. The third-order valence-electron chi connectivity index (χ3n) is 7.79. The van der Waals surface area contributed by atoms with Crippen LogP contribution in [0.4, 0.5) is 11.4 Å². The number of phenols is 2. The largest absolute Gasteiger partial charge is 0.507 e. The van der Waals surface area contributed by atoms with Gasteiger partial charge in [0, 0.05) is 5.56 Å². The van der Waals surface area contributed by atoms with Crippen molar-refractivity contribution in [3.8, 4) is 11.5 Å². The van der Waals surface area contributed by atoms with Crippen molar-refractivity contribution < 1.29 is 49.2 Å². The molecule has 0 saturated carbocycles. The van der Waals surface area contributed by atoms with Gasteiger partial charge in [-0.3, -0.25) is 19.2 Å². The molecule has 0 spiro atoms. The molecule has 4 aromatic carbocycles. The Hall–Kier alpha value is -6.70. The molecule has 0 radical (unpaired) electrons. The standard InChI is InChI=1S/C32H20N4O10/c1-32(35-26(39)16-6-2-3-7-17(16)27(35)40,36-28(41)18-8-4-5-9-19(18)29(36)42)25-21(11-13-23(38)24(25)31(45)46)34-33-15-10-12-22(37)20(14-15)30(43)44/h2-14,37-38H,1H3,(H,43,44)(H,45,46). The molecule has 0 aliphatic carbocycles. The molecule has 0 unspecified atom stereocenters. The second kappa shape index (κ2) is 10.5. The summed E-state index contributed by atoms with van der Waals surface area (Å²) in [4.78, 5) is 81.3. The highest BCUT2D eigenvalue weighted by atomic mass is 16.4.